The van der Waals surface area contributed by atoms with Crippen LogP contribution in [-0.4, -0.2) is 21.0 Å². The van der Waals surface area contributed by atoms with Crippen molar-refractivity contribution >= 4 is 10.0 Å². The lowest BCUT2D eigenvalue weighted by molar-refractivity contribution is 0.173. The minimum Gasteiger partial charge on any atom is -0.454 e. The largest absolute Gasteiger partial charge is 0.454 e. The molecule has 1 heterocycles. The smallest absolute Gasteiger partial charge is 0.231 e. The topological polar surface area (TPSA) is 64.6 Å². The fraction of sp³-hybridized carbons (Fsp3) is 0.625. The highest BCUT2D eigenvalue weighted by Gasteiger charge is 2.32. The Morgan fingerprint density at radius 3 is 2.73 bits per heavy atom. The van der Waals surface area contributed by atoms with Gasteiger partial charge in [-0.15, -0.1) is 0 Å². The molecule has 1 N–H and O–H groups in total. The summed E-state index contributed by atoms with van der Waals surface area (Å²) in [6.07, 6.45) is 5.46. The SMILES string of the molecule is CC1(CS(=O)(=O)NCc2cccc3c2OCO3)CCCCC1. The van der Waals surface area contributed by atoms with Gasteiger partial charge in [-0.2, -0.15) is 0 Å². The van der Waals surface area contributed by atoms with E-state index in [1.165, 1.54) is 6.42 Å². The first-order chi connectivity index (χ1) is 10.5. The molecule has 1 aromatic carbocycles. The Bertz CT molecular complexity index is 636. The van der Waals surface area contributed by atoms with Crippen LogP contribution in [-0.2, 0) is 16.6 Å². The van der Waals surface area contributed by atoms with E-state index < -0.39 is 10.0 Å². The summed E-state index contributed by atoms with van der Waals surface area (Å²) in [5, 5.41) is 0. The normalized spacial score (nSPS) is 20.0. The summed E-state index contributed by atoms with van der Waals surface area (Å²) < 4.78 is 38.2. The molecule has 2 aliphatic rings. The standard InChI is InChI=1S/C16H23NO4S/c1-16(8-3-2-4-9-16)11-22(18,19)17-10-13-6-5-7-14-15(13)21-12-20-14/h5-7,17H,2-4,8-12H2,1H3. The van der Waals surface area contributed by atoms with Crippen LogP contribution < -0.4 is 14.2 Å². The minimum absolute atomic E-state index is 0.0949. The highest BCUT2D eigenvalue weighted by atomic mass is 32.2. The second-order valence-electron chi connectivity index (χ2n) is 6.60. The summed E-state index contributed by atoms with van der Waals surface area (Å²) in [6, 6.07) is 5.53. The highest BCUT2D eigenvalue weighted by molar-refractivity contribution is 7.89. The molecular weight excluding hydrogens is 302 g/mol. The van der Waals surface area contributed by atoms with Gasteiger partial charge in [-0.1, -0.05) is 38.3 Å². The van der Waals surface area contributed by atoms with E-state index in [1.807, 2.05) is 18.2 Å². The van der Waals surface area contributed by atoms with Gasteiger partial charge < -0.3 is 9.47 Å². The van der Waals surface area contributed by atoms with E-state index in [9.17, 15) is 8.42 Å². The highest BCUT2D eigenvalue weighted by Crippen LogP contribution is 2.37. The number of hydrogen-bond donors (Lipinski definition) is 1. The van der Waals surface area contributed by atoms with Crippen molar-refractivity contribution in [2.24, 2.45) is 5.41 Å². The number of benzene rings is 1. The van der Waals surface area contributed by atoms with Crippen molar-refractivity contribution in [1.29, 1.82) is 0 Å². The predicted octanol–water partition coefficient (Wildman–Crippen LogP) is 2.81. The molecule has 122 valence electrons. The van der Waals surface area contributed by atoms with Crippen LogP contribution in [0.2, 0.25) is 0 Å². The molecule has 1 aromatic rings. The molecule has 1 aliphatic carbocycles. The number of rotatable bonds is 5. The van der Waals surface area contributed by atoms with Crippen LogP contribution in [0.1, 0.15) is 44.6 Å². The Balaban J connectivity index is 1.64. The number of fused-ring (bicyclic) bond motifs is 1. The summed E-state index contributed by atoms with van der Waals surface area (Å²) in [4.78, 5) is 0. The van der Waals surface area contributed by atoms with Gasteiger partial charge in [-0.3, -0.25) is 0 Å². The molecule has 0 bridgehead atoms. The Labute approximate surface area is 132 Å². The lowest BCUT2D eigenvalue weighted by atomic mass is 9.77. The zero-order chi connectivity index (χ0) is 15.6. The molecule has 0 spiro atoms. The second kappa shape index (κ2) is 6.08. The Hall–Kier alpha value is -1.27. The molecule has 0 saturated heterocycles. The average Bonchev–Trinajstić information content (AvgIpc) is 2.93. The molecule has 22 heavy (non-hydrogen) atoms. The minimum atomic E-state index is -3.30. The fourth-order valence-corrected chi connectivity index (χ4v) is 5.06. The van der Waals surface area contributed by atoms with Crippen molar-refractivity contribution in [3.63, 3.8) is 0 Å². The maximum Gasteiger partial charge on any atom is 0.231 e. The van der Waals surface area contributed by atoms with Crippen molar-refractivity contribution in [2.75, 3.05) is 12.5 Å². The lowest BCUT2D eigenvalue weighted by Gasteiger charge is -2.33. The zero-order valence-corrected chi connectivity index (χ0v) is 13.7. The van der Waals surface area contributed by atoms with Crippen molar-refractivity contribution in [2.45, 2.75) is 45.6 Å². The van der Waals surface area contributed by atoms with E-state index >= 15 is 0 Å². The quantitative estimate of drug-likeness (QED) is 0.904. The first-order valence-corrected chi connectivity index (χ1v) is 9.48. The molecule has 0 amide bonds. The van der Waals surface area contributed by atoms with Crippen LogP contribution in [0.5, 0.6) is 11.5 Å². The third-order valence-corrected chi connectivity index (χ3v) is 6.22. The van der Waals surface area contributed by atoms with E-state index in [4.69, 9.17) is 9.47 Å². The Morgan fingerprint density at radius 1 is 1.18 bits per heavy atom. The van der Waals surface area contributed by atoms with E-state index in [2.05, 4.69) is 11.6 Å². The fourth-order valence-electron chi connectivity index (χ4n) is 3.38. The third kappa shape index (κ3) is 3.55. The van der Waals surface area contributed by atoms with Crippen LogP contribution in [0.3, 0.4) is 0 Å². The van der Waals surface area contributed by atoms with Gasteiger partial charge in [0.25, 0.3) is 0 Å². The van der Waals surface area contributed by atoms with Crippen LogP contribution in [0, 0.1) is 5.41 Å². The van der Waals surface area contributed by atoms with Gasteiger partial charge in [0.2, 0.25) is 16.8 Å². The predicted molar refractivity (Wildman–Crippen MR) is 84.4 cm³/mol. The van der Waals surface area contributed by atoms with Crippen molar-refractivity contribution in [3.05, 3.63) is 23.8 Å². The first kappa shape index (κ1) is 15.6. The van der Waals surface area contributed by atoms with Crippen molar-refractivity contribution in [3.8, 4) is 11.5 Å². The van der Waals surface area contributed by atoms with Gasteiger partial charge in [0, 0.05) is 12.1 Å². The molecule has 0 atom stereocenters. The first-order valence-electron chi connectivity index (χ1n) is 7.82. The van der Waals surface area contributed by atoms with Gasteiger partial charge in [0.15, 0.2) is 11.5 Å². The zero-order valence-electron chi connectivity index (χ0n) is 12.9. The van der Waals surface area contributed by atoms with Gasteiger partial charge in [0.1, 0.15) is 0 Å². The van der Waals surface area contributed by atoms with Gasteiger partial charge in [-0.25, -0.2) is 13.1 Å². The monoisotopic (exact) mass is 325 g/mol. The van der Waals surface area contributed by atoms with Gasteiger partial charge in [-0.05, 0) is 24.3 Å². The lowest BCUT2D eigenvalue weighted by Crippen LogP contribution is -2.36. The summed E-state index contributed by atoms with van der Waals surface area (Å²) in [5.41, 5.74) is 0.717. The van der Waals surface area contributed by atoms with Gasteiger partial charge in [0.05, 0.1) is 5.75 Å². The Kier molecular flexibility index (Phi) is 4.32. The molecule has 3 rings (SSSR count). The van der Waals surface area contributed by atoms with Gasteiger partial charge >= 0.3 is 0 Å². The van der Waals surface area contributed by atoms with Crippen molar-refractivity contribution in [1.82, 2.24) is 4.72 Å². The maximum atomic E-state index is 12.4. The second-order valence-corrected chi connectivity index (χ2v) is 8.41. The third-order valence-electron chi connectivity index (χ3n) is 4.56. The van der Waals surface area contributed by atoms with Crippen LogP contribution >= 0.6 is 0 Å². The number of nitrogens with one attached hydrogen (secondary N) is 1. The number of ether oxygens (including phenoxy) is 2. The molecule has 1 aliphatic heterocycles. The van der Waals surface area contributed by atoms with E-state index in [0.717, 1.165) is 31.2 Å². The molecule has 5 nitrogen and oxygen atoms in total. The molecular formula is C16H23NO4S. The van der Waals surface area contributed by atoms with E-state index in [1.54, 1.807) is 0 Å². The van der Waals surface area contributed by atoms with E-state index in [0.29, 0.717) is 11.5 Å². The summed E-state index contributed by atoms with van der Waals surface area (Å²) in [7, 11) is -3.30. The maximum absolute atomic E-state index is 12.4. The van der Waals surface area contributed by atoms with E-state index in [-0.39, 0.29) is 24.5 Å². The average molecular weight is 325 g/mol. The van der Waals surface area contributed by atoms with Crippen molar-refractivity contribution < 1.29 is 17.9 Å². The van der Waals surface area contributed by atoms with Crippen LogP contribution in [0.4, 0.5) is 0 Å². The summed E-state index contributed by atoms with van der Waals surface area (Å²) in [6.45, 7) is 2.52. The number of para-hydroxylation sites is 1. The Morgan fingerprint density at radius 2 is 1.95 bits per heavy atom. The molecule has 0 aromatic heterocycles. The van der Waals surface area contributed by atoms with Crippen LogP contribution in [0.25, 0.3) is 0 Å². The molecule has 0 radical (unpaired) electrons. The summed E-state index contributed by atoms with van der Waals surface area (Å²) in [5.74, 6) is 1.52. The number of sulfonamides is 1. The summed E-state index contributed by atoms with van der Waals surface area (Å²) >= 11 is 0. The molecule has 1 saturated carbocycles. The molecule has 6 heteroatoms. The number of hydrogen-bond acceptors (Lipinski definition) is 4. The molecule has 0 unspecified atom stereocenters. The van der Waals surface area contributed by atoms with Crippen LogP contribution in [0.15, 0.2) is 18.2 Å². The molecule has 1 fully saturated rings.